The van der Waals surface area contributed by atoms with Crippen molar-refractivity contribution < 1.29 is 14.3 Å². The number of ether oxygens (including phenoxy) is 1. The van der Waals surface area contributed by atoms with Gasteiger partial charge in [-0.15, -0.1) is 0 Å². The standard InChI is InChI=1S/C15H21N3O3/c1-17-12(9-10-16-17)7-8-14(19)18(11-15(20)21-2)13-5-3-4-6-13/h7-10,13H,3-6,11H2,1-2H3/b8-7+. The van der Waals surface area contributed by atoms with E-state index in [1.807, 2.05) is 13.1 Å². The van der Waals surface area contributed by atoms with Crippen molar-refractivity contribution in [3.8, 4) is 0 Å². The largest absolute Gasteiger partial charge is 0.468 e. The van der Waals surface area contributed by atoms with Crippen molar-refractivity contribution in [2.75, 3.05) is 13.7 Å². The minimum Gasteiger partial charge on any atom is -0.468 e. The molecule has 0 unspecified atom stereocenters. The van der Waals surface area contributed by atoms with Gasteiger partial charge in [-0.25, -0.2) is 0 Å². The molecule has 0 aliphatic heterocycles. The molecule has 2 rings (SSSR count). The molecular formula is C15H21N3O3. The summed E-state index contributed by atoms with van der Waals surface area (Å²) in [5.41, 5.74) is 0.841. The molecule has 1 aromatic rings. The van der Waals surface area contributed by atoms with Crippen molar-refractivity contribution >= 4 is 18.0 Å². The van der Waals surface area contributed by atoms with E-state index < -0.39 is 0 Å². The smallest absolute Gasteiger partial charge is 0.325 e. The Labute approximate surface area is 124 Å². The first kappa shape index (κ1) is 15.3. The van der Waals surface area contributed by atoms with Crippen LogP contribution in [0, 0.1) is 0 Å². The Bertz CT molecular complexity index is 530. The second-order valence-electron chi connectivity index (χ2n) is 5.19. The molecule has 6 nitrogen and oxygen atoms in total. The fourth-order valence-corrected chi connectivity index (χ4v) is 2.61. The lowest BCUT2D eigenvalue weighted by molar-refractivity contribution is -0.146. The number of methoxy groups -OCH3 is 1. The van der Waals surface area contributed by atoms with Crippen molar-refractivity contribution in [1.29, 1.82) is 0 Å². The quantitative estimate of drug-likeness (QED) is 0.607. The third kappa shape index (κ3) is 3.93. The predicted molar refractivity (Wildman–Crippen MR) is 78.2 cm³/mol. The van der Waals surface area contributed by atoms with Gasteiger partial charge in [0.15, 0.2) is 0 Å². The summed E-state index contributed by atoms with van der Waals surface area (Å²) in [6, 6.07) is 1.96. The minimum atomic E-state index is -0.385. The van der Waals surface area contributed by atoms with Gasteiger partial charge in [-0.05, 0) is 25.0 Å². The number of aryl methyl sites for hydroxylation is 1. The van der Waals surface area contributed by atoms with Gasteiger partial charge < -0.3 is 9.64 Å². The molecule has 0 atom stereocenters. The number of hydrogen-bond acceptors (Lipinski definition) is 4. The SMILES string of the molecule is COC(=O)CN(C(=O)/C=C/c1ccnn1C)C1CCCC1. The lowest BCUT2D eigenvalue weighted by Gasteiger charge is -2.26. The predicted octanol–water partition coefficient (Wildman–Crippen LogP) is 1.38. The summed E-state index contributed by atoms with van der Waals surface area (Å²) in [5, 5.41) is 4.04. The van der Waals surface area contributed by atoms with E-state index in [-0.39, 0.29) is 24.5 Å². The number of rotatable bonds is 5. The fourth-order valence-electron chi connectivity index (χ4n) is 2.61. The summed E-state index contributed by atoms with van der Waals surface area (Å²) in [5.74, 6) is -0.544. The van der Waals surface area contributed by atoms with Crippen molar-refractivity contribution in [2.45, 2.75) is 31.7 Å². The van der Waals surface area contributed by atoms with Gasteiger partial charge in [-0.2, -0.15) is 5.10 Å². The first-order chi connectivity index (χ1) is 10.1. The number of esters is 1. The van der Waals surface area contributed by atoms with Crippen molar-refractivity contribution in [2.24, 2.45) is 7.05 Å². The van der Waals surface area contributed by atoms with Crippen LogP contribution in [0.2, 0.25) is 0 Å². The topological polar surface area (TPSA) is 64.4 Å². The van der Waals surface area contributed by atoms with Crippen LogP contribution in [-0.4, -0.2) is 46.3 Å². The van der Waals surface area contributed by atoms with Crippen LogP contribution in [0.15, 0.2) is 18.3 Å². The van der Waals surface area contributed by atoms with Crippen LogP contribution in [-0.2, 0) is 21.4 Å². The van der Waals surface area contributed by atoms with E-state index in [0.717, 1.165) is 31.4 Å². The molecule has 0 bridgehead atoms. The lowest BCUT2D eigenvalue weighted by atomic mass is 10.2. The summed E-state index contributed by atoms with van der Waals surface area (Å²) in [4.78, 5) is 25.5. The number of aromatic nitrogens is 2. The van der Waals surface area contributed by atoms with Gasteiger partial charge in [0, 0.05) is 25.4 Å². The van der Waals surface area contributed by atoms with Crippen LogP contribution in [0.3, 0.4) is 0 Å². The molecule has 0 radical (unpaired) electrons. The monoisotopic (exact) mass is 291 g/mol. The lowest BCUT2D eigenvalue weighted by Crippen LogP contribution is -2.41. The molecule has 1 aliphatic rings. The van der Waals surface area contributed by atoms with Crippen molar-refractivity contribution in [3.63, 3.8) is 0 Å². The van der Waals surface area contributed by atoms with E-state index in [1.165, 1.54) is 13.2 Å². The number of nitrogens with zero attached hydrogens (tertiary/aromatic N) is 3. The maximum atomic E-state index is 12.4. The minimum absolute atomic E-state index is 0.00965. The Balaban J connectivity index is 2.08. The molecule has 1 aromatic heterocycles. The Kier molecular flexibility index (Phi) is 5.14. The van der Waals surface area contributed by atoms with Crippen LogP contribution in [0.5, 0.6) is 0 Å². The highest BCUT2D eigenvalue weighted by Gasteiger charge is 2.27. The molecule has 1 saturated carbocycles. The zero-order chi connectivity index (χ0) is 15.2. The summed E-state index contributed by atoms with van der Waals surface area (Å²) in [6.07, 6.45) is 8.98. The van der Waals surface area contributed by atoms with Gasteiger partial charge >= 0.3 is 5.97 Å². The maximum Gasteiger partial charge on any atom is 0.325 e. The van der Waals surface area contributed by atoms with Crippen molar-refractivity contribution in [1.82, 2.24) is 14.7 Å². The molecule has 114 valence electrons. The maximum absolute atomic E-state index is 12.4. The van der Waals surface area contributed by atoms with E-state index in [4.69, 9.17) is 0 Å². The zero-order valence-corrected chi connectivity index (χ0v) is 12.5. The Morgan fingerprint density at radius 2 is 2.19 bits per heavy atom. The molecule has 21 heavy (non-hydrogen) atoms. The number of carbonyl (C=O) groups is 2. The normalized spacial score (nSPS) is 15.5. The molecule has 0 saturated heterocycles. The highest BCUT2D eigenvalue weighted by atomic mass is 16.5. The third-order valence-corrected chi connectivity index (χ3v) is 3.83. The summed E-state index contributed by atoms with van der Waals surface area (Å²) >= 11 is 0. The van der Waals surface area contributed by atoms with E-state index in [0.29, 0.717) is 0 Å². The third-order valence-electron chi connectivity index (χ3n) is 3.83. The van der Waals surface area contributed by atoms with Crippen molar-refractivity contribution in [3.05, 3.63) is 24.0 Å². The average molecular weight is 291 g/mol. The summed E-state index contributed by atoms with van der Waals surface area (Å²) in [6.45, 7) is 0.00965. The molecule has 0 N–H and O–H groups in total. The molecule has 0 spiro atoms. The van der Waals surface area contributed by atoms with Crippen LogP contribution in [0.25, 0.3) is 6.08 Å². The van der Waals surface area contributed by atoms with Gasteiger partial charge in [0.1, 0.15) is 6.54 Å². The van der Waals surface area contributed by atoms with Gasteiger partial charge in [0.05, 0.1) is 12.8 Å². The summed E-state index contributed by atoms with van der Waals surface area (Å²) < 4.78 is 6.37. The molecule has 1 amide bonds. The van der Waals surface area contributed by atoms with Crippen LogP contribution in [0.1, 0.15) is 31.4 Å². The van der Waals surface area contributed by atoms with E-state index in [2.05, 4.69) is 9.84 Å². The molecule has 0 aromatic carbocycles. The second-order valence-corrected chi connectivity index (χ2v) is 5.19. The fraction of sp³-hybridized carbons (Fsp3) is 0.533. The van der Waals surface area contributed by atoms with E-state index in [9.17, 15) is 9.59 Å². The Hall–Kier alpha value is -2.11. The average Bonchev–Trinajstić information content (AvgIpc) is 3.13. The van der Waals surface area contributed by atoms with Crippen LogP contribution < -0.4 is 0 Å². The van der Waals surface area contributed by atoms with Gasteiger partial charge in [0.2, 0.25) is 5.91 Å². The number of amides is 1. The van der Waals surface area contributed by atoms with Gasteiger partial charge in [-0.3, -0.25) is 14.3 Å². The van der Waals surface area contributed by atoms with E-state index >= 15 is 0 Å². The molecule has 1 heterocycles. The molecule has 1 fully saturated rings. The highest BCUT2D eigenvalue weighted by molar-refractivity contribution is 5.93. The number of hydrogen-bond donors (Lipinski definition) is 0. The second kappa shape index (κ2) is 7.06. The molecule has 1 aliphatic carbocycles. The zero-order valence-electron chi connectivity index (χ0n) is 12.5. The highest BCUT2D eigenvalue weighted by Crippen LogP contribution is 2.23. The Morgan fingerprint density at radius 1 is 1.48 bits per heavy atom. The number of carbonyl (C=O) groups excluding carboxylic acids is 2. The van der Waals surface area contributed by atoms with Gasteiger partial charge in [0.25, 0.3) is 0 Å². The van der Waals surface area contributed by atoms with Gasteiger partial charge in [-0.1, -0.05) is 12.8 Å². The molecular weight excluding hydrogens is 270 g/mol. The van der Waals surface area contributed by atoms with Crippen LogP contribution in [0.4, 0.5) is 0 Å². The van der Waals surface area contributed by atoms with Crippen LogP contribution >= 0.6 is 0 Å². The Morgan fingerprint density at radius 3 is 2.76 bits per heavy atom. The summed E-state index contributed by atoms with van der Waals surface area (Å²) in [7, 11) is 3.15. The first-order valence-electron chi connectivity index (χ1n) is 7.15. The molecule has 6 heteroatoms. The first-order valence-corrected chi connectivity index (χ1v) is 7.15. The van der Waals surface area contributed by atoms with E-state index in [1.54, 1.807) is 21.9 Å².